The lowest BCUT2D eigenvalue weighted by atomic mass is 9.98. The molecule has 67 heavy (non-hydrogen) atoms. The molecule has 9 unspecified atom stereocenters. The minimum atomic E-state index is -1.68. The summed E-state index contributed by atoms with van der Waals surface area (Å²) in [4.78, 5) is 13.1. The van der Waals surface area contributed by atoms with Gasteiger partial charge in [0.05, 0.1) is 25.4 Å². The normalized spacial score (nSPS) is 21.1. The maximum atomic E-state index is 13.1. The van der Waals surface area contributed by atoms with Gasteiger partial charge in [0.25, 0.3) is 0 Å². The first-order valence-corrected chi connectivity index (χ1v) is 27.2. The van der Waals surface area contributed by atoms with Crippen molar-refractivity contribution >= 4 is 5.91 Å². The number of rotatable bonds is 45. The molecular weight excluding hydrogens is 847 g/mol. The number of unbranched alkanes of at least 4 members (excludes halogenated alkanes) is 23. The van der Waals surface area contributed by atoms with E-state index in [1.807, 2.05) is 0 Å². The lowest BCUT2D eigenvalue weighted by Crippen LogP contribution is -2.60. The van der Waals surface area contributed by atoms with Crippen LogP contribution in [0.4, 0.5) is 0 Å². The molecule has 1 saturated heterocycles. The van der Waals surface area contributed by atoms with Crippen LogP contribution >= 0.6 is 0 Å². The van der Waals surface area contributed by atoms with Crippen LogP contribution in [0.3, 0.4) is 0 Å². The Labute approximate surface area is 408 Å². The molecule has 1 aliphatic heterocycles. The molecule has 8 N–H and O–H groups in total. The fourth-order valence-electron chi connectivity index (χ4n) is 8.27. The Morgan fingerprint density at radius 3 is 1.42 bits per heavy atom. The highest BCUT2D eigenvalue weighted by Crippen LogP contribution is 2.23. The van der Waals surface area contributed by atoms with E-state index in [2.05, 4.69) is 79.9 Å². The molecule has 0 aromatic rings. The van der Waals surface area contributed by atoms with E-state index in [4.69, 9.17) is 9.47 Å². The van der Waals surface area contributed by atoms with Gasteiger partial charge >= 0.3 is 0 Å². The molecule has 0 radical (unpaired) electrons. The molecule has 1 aliphatic rings. The van der Waals surface area contributed by atoms with Gasteiger partial charge in [-0.25, -0.2) is 0 Å². The summed E-state index contributed by atoms with van der Waals surface area (Å²) in [7, 11) is 0. The lowest BCUT2D eigenvalue weighted by molar-refractivity contribution is -0.303. The topological polar surface area (TPSA) is 189 Å². The fourth-order valence-corrected chi connectivity index (χ4v) is 8.27. The van der Waals surface area contributed by atoms with Crippen LogP contribution in [0.25, 0.3) is 0 Å². The number of amides is 1. The lowest BCUT2D eigenvalue weighted by Gasteiger charge is -2.40. The minimum Gasteiger partial charge on any atom is -0.394 e. The van der Waals surface area contributed by atoms with E-state index in [1.165, 1.54) is 103 Å². The second kappa shape index (κ2) is 45.0. The number of aliphatic hydroxyl groups excluding tert-OH is 7. The predicted octanol–water partition coefficient (Wildman–Crippen LogP) is 10.7. The summed E-state index contributed by atoms with van der Waals surface area (Å²) in [6, 6.07) is -1.20. The maximum absolute atomic E-state index is 13.1. The third-order valence-electron chi connectivity index (χ3n) is 12.7. The Hall–Kier alpha value is -2.19. The van der Waals surface area contributed by atoms with Crippen molar-refractivity contribution in [3.8, 4) is 0 Å². The van der Waals surface area contributed by atoms with Crippen LogP contribution in [0.2, 0.25) is 0 Å². The van der Waals surface area contributed by atoms with Crippen molar-refractivity contribution in [3.63, 3.8) is 0 Å². The Morgan fingerprint density at radius 2 is 0.940 bits per heavy atom. The molecule has 0 aliphatic carbocycles. The van der Waals surface area contributed by atoms with E-state index in [1.54, 1.807) is 0 Å². The number of hydrogen-bond donors (Lipinski definition) is 8. The smallest absolute Gasteiger partial charge is 0.249 e. The summed E-state index contributed by atoms with van der Waals surface area (Å²) < 4.78 is 11.1. The number of carbonyl (C=O) groups excluding carboxylic acids is 1. The van der Waals surface area contributed by atoms with Crippen molar-refractivity contribution in [2.24, 2.45) is 0 Å². The number of ether oxygens (including phenoxy) is 2. The van der Waals surface area contributed by atoms with Gasteiger partial charge in [0.1, 0.15) is 36.6 Å². The Kier molecular flexibility index (Phi) is 42.2. The second-order valence-corrected chi connectivity index (χ2v) is 18.9. The highest BCUT2D eigenvalue weighted by atomic mass is 16.7. The molecule has 11 heteroatoms. The van der Waals surface area contributed by atoms with Gasteiger partial charge in [-0.1, -0.05) is 184 Å². The Bertz CT molecular complexity index is 1270. The van der Waals surface area contributed by atoms with Crippen molar-refractivity contribution in [1.29, 1.82) is 0 Å². The number of carbonyl (C=O) groups is 1. The van der Waals surface area contributed by atoms with E-state index in [9.17, 15) is 40.5 Å². The number of hydrogen-bond acceptors (Lipinski definition) is 10. The summed E-state index contributed by atoms with van der Waals surface area (Å²) in [5.74, 6) is -0.722. The molecule has 1 rings (SSSR count). The highest BCUT2D eigenvalue weighted by molar-refractivity contribution is 5.80. The highest BCUT2D eigenvalue weighted by Gasteiger charge is 2.44. The number of aliphatic hydroxyl groups is 7. The van der Waals surface area contributed by atoms with Crippen LogP contribution < -0.4 is 5.32 Å². The Morgan fingerprint density at radius 1 is 0.522 bits per heavy atom. The van der Waals surface area contributed by atoms with E-state index in [0.29, 0.717) is 19.3 Å². The summed E-state index contributed by atoms with van der Waals surface area (Å²) in [6.45, 7) is 3.41. The minimum absolute atomic E-state index is 0.235. The van der Waals surface area contributed by atoms with Gasteiger partial charge in [0.15, 0.2) is 6.29 Å². The molecule has 1 fully saturated rings. The quantitative estimate of drug-likeness (QED) is 0.0215. The van der Waals surface area contributed by atoms with Gasteiger partial charge in [-0.15, -0.1) is 0 Å². The molecule has 0 bridgehead atoms. The molecule has 0 spiro atoms. The van der Waals surface area contributed by atoms with Gasteiger partial charge in [-0.3, -0.25) is 4.79 Å². The van der Waals surface area contributed by atoms with Crippen LogP contribution in [-0.2, 0) is 14.3 Å². The molecule has 0 aromatic heterocycles. The molecule has 1 heterocycles. The van der Waals surface area contributed by atoms with Gasteiger partial charge < -0.3 is 50.5 Å². The van der Waals surface area contributed by atoms with E-state index < -0.39 is 74.2 Å². The third kappa shape index (κ3) is 33.9. The Balaban J connectivity index is 2.41. The summed E-state index contributed by atoms with van der Waals surface area (Å²) >= 11 is 0. The maximum Gasteiger partial charge on any atom is 0.249 e. The van der Waals surface area contributed by atoms with Gasteiger partial charge in [0.2, 0.25) is 5.91 Å². The van der Waals surface area contributed by atoms with E-state index in [0.717, 1.165) is 70.6 Å². The van der Waals surface area contributed by atoms with Crippen molar-refractivity contribution in [3.05, 3.63) is 60.8 Å². The third-order valence-corrected chi connectivity index (χ3v) is 12.7. The summed E-state index contributed by atoms with van der Waals surface area (Å²) in [6.07, 6.45) is 45.5. The monoisotopic (exact) mass is 948 g/mol. The molecule has 9 atom stereocenters. The molecule has 0 saturated carbocycles. The summed E-state index contributed by atoms with van der Waals surface area (Å²) in [5, 5.41) is 75.9. The van der Waals surface area contributed by atoms with Crippen molar-refractivity contribution < 1.29 is 50.0 Å². The molecule has 11 nitrogen and oxygen atoms in total. The predicted molar refractivity (Wildman–Crippen MR) is 274 cm³/mol. The first-order chi connectivity index (χ1) is 32.7. The zero-order chi connectivity index (χ0) is 49.0. The standard InChI is InChI=1S/C56H101NO10/c1-3-5-7-9-11-13-15-17-19-21-23-24-25-26-28-30-32-34-36-38-40-42-44-49(60)55(65)57-47(46-66-56-54(64)53(63)52(62)50(45-58)67-56)51(61)48(59)43-41-39-37-35-33-31-29-27-22-20-18-16-14-12-10-8-6-4-2/h16,18,23-24,26-29,35,37,47-54,56,58-64H,3-15,17,19-22,25,30-34,36,38-46H2,1-2H3,(H,57,65)/b18-16+,24-23-,28-26-,29-27+,37-35+. The van der Waals surface area contributed by atoms with Crippen molar-refractivity contribution in [1.82, 2.24) is 5.32 Å². The van der Waals surface area contributed by atoms with Gasteiger partial charge in [0, 0.05) is 0 Å². The summed E-state index contributed by atoms with van der Waals surface area (Å²) in [5.41, 5.74) is 0. The van der Waals surface area contributed by atoms with Crippen LogP contribution in [0.15, 0.2) is 60.8 Å². The molecule has 0 aromatic carbocycles. The van der Waals surface area contributed by atoms with Crippen LogP contribution in [0.1, 0.15) is 219 Å². The van der Waals surface area contributed by atoms with E-state index >= 15 is 0 Å². The molecule has 1 amide bonds. The second-order valence-electron chi connectivity index (χ2n) is 18.9. The fraction of sp³-hybridized carbons (Fsp3) is 0.804. The van der Waals surface area contributed by atoms with Crippen LogP contribution in [0, 0.1) is 0 Å². The zero-order valence-electron chi connectivity index (χ0n) is 42.4. The van der Waals surface area contributed by atoms with Crippen molar-refractivity contribution in [2.75, 3.05) is 13.2 Å². The average Bonchev–Trinajstić information content (AvgIpc) is 3.33. The van der Waals surface area contributed by atoms with Gasteiger partial charge in [-0.2, -0.15) is 0 Å². The van der Waals surface area contributed by atoms with Gasteiger partial charge in [-0.05, 0) is 96.3 Å². The van der Waals surface area contributed by atoms with Crippen molar-refractivity contribution in [2.45, 2.75) is 274 Å². The van der Waals surface area contributed by atoms with E-state index in [-0.39, 0.29) is 12.8 Å². The van der Waals surface area contributed by atoms with Crippen LogP contribution in [-0.4, -0.2) is 110 Å². The van der Waals surface area contributed by atoms with Crippen LogP contribution in [0.5, 0.6) is 0 Å². The zero-order valence-corrected chi connectivity index (χ0v) is 42.4. The molecule has 390 valence electrons. The first-order valence-electron chi connectivity index (χ1n) is 27.2. The first kappa shape index (κ1) is 62.8. The average molecular weight is 948 g/mol. The molecular formula is C56H101NO10. The number of nitrogens with one attached hydrogen (secondary N) is 1. The number of allylic oxidation sites excluding steroid dienone is 10. The largest absolute Gasteiger partial charge is 0.394 e. The SMILES string of the molecule is CCCCCCC/C=C/CC/C=C/CC/C=C/CCCC(O)C(O)C(COC1OC(CO)C(O)C(O)C1O)NC(=O)C(O)CCCCCCCC/C=C\C/C=C\CCCCCCCCCCC.